The smallest absolute Gasteiger partial charge is 0.0505 e. The highest BCUT2D eigenvalue weighted by Gasteiger charge is 2.24. The summed E-state index contributed by atoms with van der Waals surface area (Å²) in [5.74, 6) is 1.83. The first-order chi connectivity index (χ1) is 9.31. The molecule has 3 unspecified atom stereocenters. The molecule has 3 atom stereocenters. The van der Waals surface area contributed by atoms with E-state index in [0.717, 1.165) is 11.8 Å². The molecule has 108 valence electrons. The first-order valence-corrected chi connectivity index (χ1v) is 8.51. The first-order valence-electron chi connectivity index (χ1n) is 8.51. The van der Waals surface area contributed by atoms with Crippen molar-refractivity contribution in [3.8, 4) is 0 Å². The van der Waals surface area contributed by atoms with Crippen molar-refractivity contribution in [1.82, 2.24) is 0 Å². The van der Waals surface area contributed by atoms with Crippen LogP contribution in [0.2, 0.25) is 0 Å². The standard InChI is InChI=1S/C18H31N/c1-3-8-17-13-15(4-2)9-6-5-7-10-16-11-12-18(14-16)19-17/h3,8,15-16,18H,4-7,9-14H2,1-2H3/b8-3+,19-17-. The van der Waals surface area contributed by atoms with Crippen molar-refractivity contribution in [3.05, 3.63) is 12.2 Å². The SMILES string of the molecule is C/C=C/C1=N/C2CCC(CCCCCC(CC)C1)C2. The zero-order valence-corrected chi connectivity index (χ0v) is 12.9. The molecule has 2 aliphatic rings. The normalized spacial score (nSPS) is 36.5. The average molecular weight is 261 g/mol. The lowest BCUT2D eigenvalue weighted by atomic mass is 9.91. The van der Waals surface area contributed by atoms with Crippen molar-refractivity contribution in [3.63, 3.8) is 0 Å². The Morgan fingerprint density at radius 1 is 1.11 bits per heavy atom. The predicted octanol–water partition coefficient (Wildman–Crippen LogP) is 5.55. The summed E-state index contributed by atoms with van der Waals surface area (Å²) in [5, 5.41) is 0. The van der Waals surface area contributed by atoms with Crippen molar-refractivity contribution in [2.24, 2.45) is 16.8 Å². The van der Waals surface area contributed by atoms with Crippen LogP contribution in [-0.4, -0.2) is 11.8 Å². The molecule has 1 nitrogen and oxygen atoms in total. The third-order valence-corrected chi connectivity index (χ3v) is 5.02. The minimum atomic E-state index is 0.633. The first kappa shape index (κ1) is 14.8. The van der Waals surface area contributed by atoms with E-state index in [1.54, 1.807) is 0 Å². The van der Waals surface area contributed by atoms with E-state index in [9.17, 15) is 0 Å². The van der Waals surface area contributed by atoms with Crippen LogP contribution in [0.15, 0.2) is 17.1 Å². The molecule has 1 aliphatic carbocycles. The van der Waals surface area contributed by atoms with E-state index in [-0.39, 0.29) is 0 Å². The molecule has 1 aliphatic heterocycles. The Bertz CT molecular complexity index is 316. The van der Waals surface area contributed by atoms with Crippen LogP contribution in [0.5, 0.6) is 0 Å². The quantitative estimate of drug-likeness (QED) is 0.617. The summed E-state index contributed by atoms with van der Waals surface area (Å²) in [4.78, 5) is 5.09. The lowest BCUT2D eigenvalue weighted by Gasteiger charge is -2.17. The van der Waals surface area contributed by atoms with Gasteiger partial charge in [-0.1, -0.05) is 51.5 Å². The zero-order valence-electron chi connectivity index (χ0n) is 12.9. The molecule has 1 saturated carbocycles. The molecule has 1 heterocycles. The summed E-state index contributed by atoms with van der Waals surface area (Å²) in [6, 6.07) is 0.633. The Balaban J connectivity index is 2.08. The molecule has 1 heteroatoms. The van der Waals surface area contributed by atoms with Crippen LogP contribution in [0, 0.1) is 11.8 Å². The molecule has 0 aromatic heterocycles. The average Bonchev–Trinajstić information content (AvgIpc) is 2.83. The van der Waals surface area contributed by atoms with Crippen LogP contribution in [0.4, 0.5) is 0 Å². The number of fused-ring (bicyclic) bond motifs is 2. The third kappa shape index (κ3) is 4.78. The fourth-order valence-electron chi connectivity index (χ4n) is 3.81. The van der Waals surface area contributed by atoms with Gasteiger partial charge in [0.15, 0.2) is 0 Å². The summed E-state index contributed by atoms with van der Waals surface area (Å²) in [7, 11) is 0. The molecule has 0 radical (unpaired) electrons. The van der Waals surface area contributed by atoms with Crippen LogP contribution in [0.1, 0.15) is 78.1 Å². The monoisotopic (exact) mass is 261 g/mol. The molecule has 1 fully saturated rings. The second-order valence-electron chi connectivity index (χ2n) is 6.57. The van der Waals surface area contributed by atoms with Crippen LogP contribution >= 0.6 is 0 Å². The van der Waals surface area contributed by atoms with Gasteiger partial charge in [-0.05, 0) is 50.5 Å². The fraction of sp³-hybridized carbons (Fsp3) is 0.833. The number of nitrogens with zero attached hydrogens (tertiary/aromatic N) is 1. The molecule has 2 rings (SSSR count). The van der Waals surface area contributed by atoms with Gasteiger partial charge in [-0.25, -0.2) is 0 Å². The summed E-state index contributed by atoms with van der Waals surface area (Å²) in [5.41, 5.74) is 1.38. The highest BCUT2D eigenvalue weighted by Crippen LogP contribution is 2.33. The predicted molar refractivity (Wildman–Crippen MR) is 84.9 cm³/mol. The van der Waals surface area contributed by atoms with Gasteiger partial charge < -0.3 is 0 Å². The van der Waals surface area contributed by atoms with Gasteiger partial charge >= 0.3 is 0 Å². The molecule has 0 N–H and O–H groups in total. The number of allylic oxidation sites excluding steroid dienone is 2. The van der Waals surface area contributed by atoms with Gasteiger partial charge in [0, 0.05) is 5.71 Å². The van der Waals surface area contributed by atoms with Crippen LogP contribution in [-0.2, 0) is 0 Å². The van der Waals surface area contributed by atoms with Gasteiger partial charge in [-0.15, -0.1) is 0 Å². The second-order valence-corrected chi connectivity index (χ2v) is 6.57. The van der Waals surface area contributed by atoms with Gasteiger partial charge in [-0.3, -0.25) is 4.99 Å². The highest BCUT2D eigenvalue weighted by atomic mass is 14.8. The molecular weight excluding hydrogens is 230 g/mol. The Hall–Kier alpha value is -0.590. The van der Waals surface area contributed by atoms with Crippen molar-refractivity contribution in [1.29, 1.82) is 0 Å². The maximum atomic E-state index is 5.09. The number of hydrogen-bond acceptors (Lipinski definition) is 1. The zero-order chi connectivity index (χ0) is 13.5. The Morgan fingerprint density at radius 2 is 1.95 bits per heavy atom. The van der Waals surface area contributed by atoms with Gasteiger partial charge in [0.05, 0.1) is 6.04 Å². The summed E-state index contributed by atoms with van der Waals surface area (Å²) >= 11 is 0. The van der Waals surface area contributed by atoms with E-state index < -0.39 is 0 Å². The molecule has 19 heavy (non-hydrogen) atoms. The fourth-order valence-corrected chi connectivity index (χ4v) is 3.81. The largest absolute Gasteiger partial charge is 0.286 e. The van der Waals surface area contributed by atoms with Crippen LogP contribution in [0.3, 0.4) is 0 Å². The molecular formula is C18H31N. The highest BCUT2D eigenvalue weighted by molar-refractivity contribution is 5.95. The maximum Gasteiger partial charge on any atom is 0.0505 e. The van der Waals surface area contributed by atoms with E-state index >= 15 is 0 Å². The lowest BCUT2D eigenvalue weighted by molar-refractivity contribution is 0.421. The van der Waals surface area contributed by atoms with Crippen LogP contribution in [0.25, 0.3) is 0 Å². The molecule has 0 aromatic carbocycles. The topological polar surface area (TPSA) is 12.4 Å². The molecule has 0 spiro atoms. The van der Waals surface area contributed by atoms with E-state index in [1.165, 1.54) is 69.9 Å². The van der Waals surface area contributed by atoms with Crippen molar-refractivity contribution in [2.75, 3.05) is 0 Å². The Kier molecular flexibility index (Phi) is 6.13. The molecule has 0 amide bonds. The van der Waals surface area contributed by atoms with Crippen molar-refractivity contribution < 1.29 is 0 Å². The van der Waals surface area contributed by atoms with Gasteiger partial charge in [0.2, 0.25) is 0 Å². The second kappa shape index (κ2) is 7.87. The number of rotatable bonds is 2. The van der Waals surface area contributed by atoms with Gasteiger partial charge in [0.1, 0.15) is 0 Å². The summed E-state index contributed by atoms with van der Waals surface area (Å²) < 4.78 is 0. The minimum Gasteiger partial charge on any atom is -0.286 e. The van der Waals surface area contributed by atoms with Crippen molar-refractivity contribution in [2.45, 2.75) is 84.1 Å². The summed E-state index contributed by atoms with van der Waals surface area (Å²) in [6.07, 6.45) is 18.3. The van der Waals surface area contributed by atoms with E-state index in [2.05, 4.69) is 26.0 Å². The van der Waals surface area contributed by atoms with E-state index in [0.29, 0.717) is 6.04 Å². The Morgan fingerprint density at radius 3 is 2.74 bits per heavy atom. The molecule has 0 aromatic rings. The third-order valence-electron chi connectivity index (χ3n) is 5.02. The maximum absolute atomic E-state index is 5.09. The van der Waals surface area contributed by atoms with E-state index in [1.807, 2.05) is 0 Å². The number of hydrogen-bond donors (Lipinski definition) is 0. The van der Waals surface area contributed by atoms with Crippen LogP contribution < -0.4 is 0 Å². The number of aliphatic imine (C=N–C) groups is 1. The minimum absolute atomic E-state index is 0.633. The Labute approximate surface area is 119 Å². The van der Waals surface area contributed by atoms with Crippen molar-refractivity contribution >= 4 is 5.71 Å². The van der Waals surface area contributed by atoms with Gasteiger partial charge in [0.25, 0.3) is 0 Å². The van der Waals surface area contributed by atoms with E-state index in [4.69, 9.17) is 4.99 Å². The molecule has 0 saturated heterocycles. The summed E-state index contributed by atoms with van der Waals surface area (Å²) in [6.45, 7) is 4.46. The van der Waals surface area contributed by atoms with Gasteiger partial charge in [-0.2, -0.15) is 0 Å². The molecule has 2 bridgehead atoms. The lowest BCUT2D eigenvalue weighted by Crippen LogP contribution is -2.11.